The molecule has 3 aromatic rings. The van der Waals surface area contributed by atoms with Gasteiger partial charge >= 0.3 is 30.1 Å². The zero-order chi connectivity index (χ0) is 33.9. The zero-order valence-electron chi connectivity index (χ0n) is 22.9. The third-order valence-corrected chi connectivity index (χ3v) is 5.68. The summed E-state index contributed by atoms with van der Waals surface area (Å²) in [6.45, 7) is 0. The SMILES string of the molecule is CNC(=O)c1cc(Oc2ccc(NC(=O)Nc3ccc(Cl)c(C(F)(F)F)c3)cc2)ccn1.O=C(O)CC(O)(CC(=O)O)C(=O)O. The van der Waals surface area contributed by atoms with Gasteiger partial charge in [-0.05, 0) is 48.5 Å². The molecule has 0 bridgehead atoms. The molecule has 3 amide bonds. The number of benzene rings is 2. The molecule has 0 spiro atoms. The normalized spacial score (nSPS) is 10.9. The summed E-state index contributed by atoms with van der Waals surface area (Å²) in [6, 6.07) is 11.6. The molecule has 7 N–H and O–H groups in total. The van der Waals surface area contributed by atoms with Crippen molar-refractivity contribution in [3.8, 4) is 11.5 Å². The van der Waals surface area contributed by atoms with Gasteiger partial charge in [0.05, 0.1) is 23.4 Å². The topological polar surface area (TPSA) is 224 Å². The number of carbonyl (C=O) groups is 5. The number of carbonyl (C=O) groups excluding carboxylic acids is 2. The van der Waals surface area contributed by atoms with Crippen LogP contribution in [0.25, 0.3) is 0 Å². The molecule has 1 heterocycles. The number of urea groups is 1. The van der Waals surface area contributed by atoms with Crippen LogP contribution in [0.2, 0.25) is 5.02 Å². The zero-order valence-corrected chi connectivity index (χ0v) is 23.6. The van der Waals surface area contributed by atoms with E-state index in [4.69, 9.17) is 36.8 Å². The number of amides is 3. The first-order valence-electron chi connectivity index (χ1n) is 12.2. The summed E-state index contributed by atoms with van der Waals surface area (Å²) in [6.07, 6.45) is -5.50. The van der Waals surface area contributed by atoms with Gasteiger partial charge in [-0.3, -0.25) is 19.4 Å². The molecule has 0 radical (unpaired) electrons. The number of nitrogens with one attached hydrogen (secondary N) is 3. The Hall–Kier alpha value is -5.42. The van der Waals surface area contributed by atoms with Crippen LogP contribution in [0.3, 0.4) is 0 Å². The predicted molar refractivity (Wildman–Crippen MR) is 150 cm³/mol. The Kier molecular flexibility index (Phi) is 12.2. The fraction of sp³-hybridized carbons (Fsp3) is 0.185. The molecular weight excluding hydrogens is 633 g/mol. The number of aliphatic hydroxyl groups is 1. The van der Waals surface area contributed by atoms with E-state index in [0.717, 1.165) is 12.1 Å². The van der Waals surface area contributed by atoms with Gasteiger partial charge in [0, 0.05) is 30.7 Å². The molecule has 0 saturated carbocycles. The van der Waals surface area contributed by atoms with Gasteiger partial charge in [-0.15, -0.1) is 0 Å². The fourth-order valence-electron chi connectivity index (χ4n) is 3.30. The average Bonchev–Trinajstić information content (AvgIpc) is 2.93. The summed E-state index contributed by atoms with van der Waals surface area (Å²) in [5.74, 6) is -4.56. The molecule has 0 atom stereocenters. The highest BCUT2D eigenvalue weighted by Crippen LogP contribution is 2.36. The number of ether oxygens (including phenoxy) is 1. The number of anilines is 2. The second-order valence-electron chi connectivity index (χ2n) is 8.83. The second kappa shape index (κ2) is 15.3. The summed E-state index contributed by atoms with van der Waals surface area (Å²) < 4.78 is 44.5. The Morgan fingerprint density at radius 1 is 0.844 bits per heavy atom. The molecule has 2 aromatic carbocycles. The van der Waals surface area contributed by atoms with Crippen molar-refractivity contribution in [1.82, 2.24) is 10.3 Å². The minimum absolute atomic E-state index is 0.0659. The number of carboxylic acid groups (broad SMARTS) is 3. The molecule has 0 aliphatic carbocycles. The third-order valence-electron chi connectivity index (χ3n) is 5.35. The number of hydrogen-bond donors (Lipinski definition) is 7. The van der Waals surface area contributed by atoms with E-state index in [1.54, 1.807) is 30.3 Å². The van der Waals surface area contributed by atoms with Gasteiger partial charge in [0.1, 0.15) is 17.2 Å². The van der Waals surface area contributed by atoms with Crippen molar-refractivity contribution in [2.45, 2.75) is 24.6 Å². The lowest BCUT2D eigenvalue weighted by Crippen LogP contribution is -2.42. The lowest BCUT2D eigenvalue weighted by Gasteiger charge is -2.18. The molecule has 18 heteroatoms. The van der Waals surface area contributed by atoms with Gasteiger partial charge < -0.3 is 41.1 Å². The van der Waals surface area contributed by atoms with Crippen LogP contribution in [-0.4, -0.2) is 67.9 Å². The van der Waals surface area contributed by atoms with Gasteiger partial charge in [0.15, 0.2) is 5.60 Å². The van der Waals surface area contributed by atoms with E-state index in [-0.39, 0.29) is 17.3 Å². The van der Waals surface area contributed by atoms with Gasteiger partial charge in [-0.25, -0.2) is 9.59 Å². The summed E-state index contributed by atoms with van der Waals surface area (Å²) >= 11 is 5.57. The Labute approximate surface area is 256 Å². The van der Waals surface area contributed by atoms with Crippen molar-refractivity contribution < 1.29 is 62.3 Å². The molecular formula is C27H24ClF3N4O10. The van der Waals surface area contributed by atoms with Crippen LogP contribution in [0.5, 0.6) is 11.5 Å². The van der Waals surface area contributed by atoms with Crippen LogP contribution in [-0.2, 0) is 20.6 Å². The van der Waals surface area contributed by atoms with Crippen molar-refractivity contribution in [2.24, 2.45) is 0 Å². The number of alkyl halides is 3. The highest BCUT2D eigenvalue weighted by atomic mass is 35.5. The first-order valence-corrected chi connectivity index (χ1v) is 12.6. The van der Waals surface area contributed by atoms with Crippen LogP contribution in [0.4, 0.5) is 29.3 Å². The number of carboxylic acids is 3. The predicted octanol–water partition coefficient (Wildman–Crippen LogP) is 4.30. The molecule has 0 aliphatic heterocycles. The molecule has 45 heavy (non-hydrogen) atoms. The van der Waals surface area contributed by atoms with E-state index in [1.807, 2.05) is 0 Å². The first kappa shape index (κ1) is 35.8. The van der Waals surface area contributed by atoms with Gasteiger partial charge in [0.25, 0.3) is 5.91 Å². The van der Waals surface area contributed by atoms with Crippen molar-refractivity contribution in [2.75, 3.05) is 17.7 Å². The van der Waals surface area contributed by atoms with E-state index in [1.165, 1.54) is 25.4 Å². The number of halogens is 4. The fourth-order valence-corrected chi connectivity index (χ4v) is 3.52. The van der Waals surface area contributed by atoms with Crippen LogP contribution in [0.1, 0.15) is 28.9 Å². The van der Waals surface area contributed by atoms with Gasteiger partial charge in [0.2, 0.25) is 0 Å². The van der Waals surface area contributed by atoms with Crippen molar-refractivity contribution in [1.29, 1.82) is 0 Å². The van der Waals surface area contributed by atoms with Crippen LogP contribution < -0.4 is 20.7 Å². The third kappa shape index (κ3) is 11.3. The minimum Gasteiger partial charge on any atom is -0.481 e. The molecule has 0 saturated heterocycles. The van der Waals surface area contributed by atoms with Crippen molar-refractivity contribution >= 4 is 52.8 Å². The molecule has 240 valence electrons. The maximum Gasteiger partial charge on any atom is 0.417 e. The van der Waals surface area contributed by atoms with E-state index in [2.05, 4.69) is 20.9 Å². The number of nitrogens with zero attached hydrogens (tertiary/aromatic N) is 1. The standard InChI is InChI=1S/C21H16ClF3N4O3.C6H8O7/c1-26-19(30)18-11-15(8-9-27-18)32-14-5-2-12(3-6-14)28-20(31)29-13-4-7-17(22)16(10-13)21(23,24)25;7-3(8)1-6(13,5(11)12)2-4(9)10/h2-11H,1H3,(H,26,30)(H2,28,29,31);13H,1-2H2,(H,7,8)(H,9,10)(H,11,12). The molecule has 14 nitrogen and oxygen atoms in total. The molecule has 0 unspecified atom stereocenters. The molecule has 1 aromatic heterocycles. The minimum atomic E-state index is -4.64. The van der Waals surface area contributed by atoms with Gasteiger partial charge in [-0.1, -0.05) is 11.6 Å². The monoisotopic (exact) mass is 656 g/mol. The number of pyridine rings is 1. The highest BCUT2D eigenvalue weighted by Gasteiger charge is 2.40. The summed E-state index contributed by atoms with van der Waals surface area (Å²) in [5, 5.41) is 40.6. The van der Waals surface area contributed by atoms with Crippen molar-refractivity contribution in [3.63, 3.8) is 0 Å². The second-order valence-corrected chi connectivity index (χ2v) is 9.24. The average molecular weight is 657 g/mol. The summed E-state index contributed by atoms with van der Waals surface area (Å²) in [4.78, 5) is 58.2. The molecule has 0 fully saturated rings. The Bertz CT molecular complexity index is 1550. The highest BCUT2D eigenvalue weighted by molar-refractivity contribution is 6.31. The largest absolute Gasteiger partial charge is 0.481 e. The van der Waals surface area contributed by atoms with Crippen LogP contribution >= 0.6 is 11.6 Å². The van der Waals surface area contributed by atoms with E-state index < -0.39 is 59.1 Å². The first-order chi connectivity index (χ1) is 20.9. The quantitative estimate of drug-likeness (QED) is 0.163. The Morgan fingerprint density at radius 3 is 1.91 bits per heavy atom. The van der Waals surface area contributed by atoms with Crippen LogP contribution in [0.15, 0.2) is 60.8 Å². The van der Waals surface area contributed by atoms with Crippen molar-refractivity contribution in [3.05, 3.63) is 77.1 Å². The smallest absolute Gasteiger partial charge is 0.417 e. The van der Waals surface area contributed by atoms with Crippen LogP contribution in [0, 0.1) is 0 Å². The number of aromatic nitrogens is 1. The lowest BCUT2D eigenvalue weighted by atomic mass is 9.96. The Morgan fingerprint density at radius 2 is 1.40 bits per heavy atom. The lowest BCUT2D eigenvalue weighted by molar-refractivity contribution is -0.170. The number of rotatable bonds is 10. The van der Waals surface area contributed by atoms with E-state index >= 15 is 0 Å². The summed E-state index contributed by atoms with van der Waals surface area (Å²) in [7, 11) is 1.49. The summed E-state index contributed by atoms with van der Waals surface area (Å²) in [5.41, 5.74) is -3.29. The maximum atomic E-state index is 12.9. The van der Waals surface area contributed by atoms with Gasteiger partial charge in [-0.2, -0.15) is 13.2 Å². The van der Waals surface area contributed by atoms with E-state index in [9.17, 15) is 37.1 Å². The number of aliphatic carboxylic acids is 3. The number of hydrogen-bond acceptors (Lipinski definition) is 8. The van der Waals surface area contributed by atoms with E-state index in [0.29, 0.717) is 17.2 Å². The maximum absolute atomic E-state index is 12.9. The molecule has 0 aliphatic rings. The molecule has 3 rings (SSSR count). The Balaban J connectivity index is 0.000000459.